The highest BCUT2D eigenvalue weighted by Gasteiger charge is 2.16. The van der Waals surface area contributed by atoms with Crippen LogP contribution in [0.3, 0.4) is 0 Å². The van der Waals surface area contributed by atoms with E-state index in [0.29, 0.717) is 0 Å². The number of carboxylic acid groups (broad SMARTS) is 1. The van der Waals surface area contributed by atoms with Crippen molar-refractivity contribution in [2.45, 2.75) is 6.42 Å². The molecule has 0 saturated heterocycles. The summed E-state index contributed by atoms with van der Waals surface area (Å²) in [6, 6.07) is 9.01. The summed E-state index contributed by atoms with van der Waals surface area (Å²) in [7, 11) is 0. The van der Waals surface area contributed by atoms with Crippen molar-refractivity contribution in [3.8, 4) is 6.07 Å². The molecule has 0 radical (unpaired) electrons. The van der Waals surface area contributed by atoms with E-state index in [1.807, 2.05) is 12.1 Å². The molecular formula is C10H8BrNO2. The molecule has 0 aliphatic rings. The molecule has 1 N–H and O–H groups in total. The highest BCUT2D eigenvalue weighted by Crippen LogP contribution is 2.13. The quantitative estimate of drug-likeness (QED) is 0.899. The van der Waals surface area contributed by atoms with Crippen molar-refractivity contribution in [1.82, 2.24) is 0 Å². The summed E-state index contributed by atoms with van der Waals surface area (Å²) in [6.45, 7) is 0. The largest absolute Gasteiger partial charge is 0.480 e. The molecule has 0 bridgehead atoms. The SMILES string of the molecule is N#C[C@@H](Cc1ccc(Br)cc1)C(=O)O. The van der Waals surface area contributed by atoms with Crippen LogP contribution in [0.1, 0.15) is 5.56 Å². The Hall–Kier alpha value is -1.34. The highest BCUT2D eigenvalue weighted by atomic mass is 79.9. The van der Waals surface area contributed by atoms with Crippen LogP contribution in [-0.4, -0.2) is 11.1 Å². The predicted octanol–water partition coefficient (Wildman–Crippen LogP) is 2.22. The van der Waals surface area contributed by atoms with Gasteiger partial charge in [-0.3, -0.25) is 4.79 Å². The standard InChI is InChI=1S/C10H8BrNO2/c11-9-3-1-7(2-4-9)5-8(6-12)10(13)14/h1-4,8H,5H2,(H,13,14)/t8-/m1/s1. The molecule has 1 rings (SSSR count). The fourth-order valence-electron chi connectivity index (χ4n) is 1.04. The Morgan fingerprint density at radius 2 is 2.07 bits per heavy atom. The zero-order chi connectivity index (χ0) is 10.6. The number of carboxylic acids is 1. The van der Waals surface area contributed by atoms with Crippen molar-refractivity contribution < 1.29 is 9.90 Å². The summed E-state index contributed by atoms with van der Waals surface area (Å²) in [5.41, 5.74) is 0.849. The van der Waals surface area contributed by atoms with E-state index in [1.165, 1.54) is 0 Å². The summed E-state index contributed by atoms with van der Waals surface area (Å²) in [5.74, 6) is -2.04. The van der Waals surface area contributed by atoms with Gasteiger partial charge in [-0.15, -0.1) is 0 Å². The molecule has 0 fully saturated rings. The van der Waals surface area contributed by atoms with Gasteiger partial charge in [-0.25, -0.2) is 0 Å². The minimum atomic E-state index is -1.07. The molecule has 0 aromatic heterocycles. The van der Waals surface area contributed by atoms with E-state index >= 15 is 0 Å². The molecule has 0 heterocycles. The Morgan fingerprint density at radius 1 is 1.50 bits per heavy atom. The van der Waals surface area contributed by atoms with Crippen LogP contribution in [-0.2, 0) is 11.2 Å². The Labute approximate surface area is 90.1 Å². The summed E-state index contributed by atoms with van der Waals surface area (Å²) < 4.78 is 0.935. The molecule has 4 heteroatoms. The number of rotatable bonds is 3. The Kier molecular flexibility index (Phi) is 3.66. The van der Waals surface area contributed by atoms with Gasteiger partial charge >= 0.3 is 5.97 Å². The van der Waals surface area contributed by atoms with Crippen LogP contribution < -0.4 is 0 Å². The molecule has 0 unspecified atom stereocenters. The van der Waals surface area contributed by atoms with Crippen LogP contribution >= 0.6 is 15.9 Å². The number of benzene rings is 1. The van der Waals surface area contributed by atoms with E-state index in [4.69, 9.17) is 10.4 Å². The van der Waals surface area contributed by atoms with E-state index < -0.39 is 11.9 Å². The number of halogens is 1. The first-order chi connectivity index (χ1) is 6.63. The van der Waals surface area contributed by atoms with Crippen LogP contribution in [0.25, 0.3) is 0 Å². The maximum atomic E-state index is 10.6. The Bertz CT molecular complexity index is 367. The van der Waals surface area contributed by atoms with Gasteiger partial charge in [0.15, 0.2) is 0 Å². The molecule has 3 nitrogen and oxygen atoms in total. The van der Waals surface area contributed by atoms with Crippen molar-refractivity contribution in [2.24, 2.45) is 5.92 Å². The topological polar surface area (TPSA) is 61.1 Å². The third-order valence-corrected chi connectivity index (χ3v) is 2.34. The number of aliphatic carboxylic acids is 1. The molecule has 0 amide bonds. The number of nitrogens with zero attached hydrogens (tertiary/aromatic N) is 1. The normalized spacial score (nSPS) is 11.7. The Morgan fingerprint density at radius 3 is 2.50 bits per heavy atom. The summed E-state index contributed by atoms with van der Waals surface area (Å²) in [5, 5.41) is 17.2. The molecule has 14 heavy (non-hydrogen) atoms. The zero-order valence-corrected chi connectivity index (χ0v) is 8.86. The van der Waals surface area contributed by atoms with Crippen molar-refractivity contribution in [3.05, 3.63) is 34.3 Å². The highest BCUT2D eigenvalue weighted by molar-refractivity contribution is 9.10. The van der Waals surface area contributed by atoms with Crippen LogP contribution in [0, 0.1) is 17.2 Å². The molecular weight excluding hydrogens is 246 g/mol. The zero-order valence-electron chi connectivity index (χ0n) is 7.27. The van der Waals surface area contributed by atoms with Gasteiger partial charge in [0, 0.05) is 4.47 Å². The van der Waals surface area contributed by atoms with Gasteiger partial charge in [0.05, 0.1) is 6.07 Å². The Balaban J connectivity index is 2.74. The van der Waals surface area contributed by atoms with Gasteiger partial charge in [0.1, 0.15) is 5.92 Å². The first-order valence-electron chi connectivity index (χ1n) is 4.00. The average Bonchev–Trinajstić information content (AvgIpc) is 2.16. The van der Waals surface area contributed by atoms with Gasteiger partial charge in [-0.05, 0) is 24.1 Å². The minimum absolute atomic E-state index is 0.249. The molecule has 0 aliphatic carbocycles. The molecule has 0 aliphatic heterocycles. The molecule has 72 valence electrons. The van der Waals surface area contributed by atoms with E-state index in [0.717, 1.165) is 10.0 Å². The van der Waals surface area contributed by atoms with Crippen molar-refractivity contribution in [3.63, 3.8) is 0 Å². The summed E-state index contributed by atoms with van der Waals surface area (Å²) >= 11 is 3.28. The van der Waals surface area contributed by atoms with Crippen LogP contribution in [0.2, 0.25) is 0 Å². The molecule has 0 spiro atoms. The third-order valence-electron chi connectivity index (χ3n) is 1.81. The van der Waals surface area contributed by atoms with Gasteiger partial charge in [-0.1, -0.05) is 28.1 Å². The second-order valence-electron chi connectivity index (χ2n) is 2.85. The molecule has 1 atom stereocenters. The lowest BCUT2D eigenvalue weighted by Crippen LogP contribution is -2.13. The first kappa shape index (κ1) is 10.7. The number of carbonyl (C=O) groups is 1. The lowest BCUT2D eigenvalue weighted by atomic mass is 10.0. The van der Waals surface area contributed by atoms with Crippen LogP contribution in [0.15, 0.2) is 28.7 Å². The van der Waals surface area contributed by atoms with E-state index in [9.17, 15) is 4.79 Å². The average molecular weight is 254 g/mol. The van der Waals surface area contributed by atoms with Crippen LogP contribution in [0.5, 0.6) is 0 Å². The lowest BCUT2D eigenvalue weighted by Gasteiger charge is -2.03. The summed E-state index contributed by atoms with van der Waals surface area (Å²) in [4.78, 5) is 10.6. The molecule has 1 aromatic carbocycles. The maximum absolute atomic E-state index is 10.6. The second-order valence-corrected chi connectivity index (χ2v) is 3.77. The van der Waals surface area contributed by atoms with Gasteiger partial charge in [-0.2, -0.15) is 5.26 Å². The fraction of sp³-hybridized carbons (Fsp3) is 0.200. The van der Waals surface area contributed by atoms with Crippen molar-refractivity contribution in [1.29, 1.82) is 5.26 Å². The van der Waals surface area contributed by atoms with E-state index in [1.54, 1.807) is 18.2 Å². The molecule has 1 aromatic rings. The third kappa shape index (κ3) is 2.86. The monoisotopic (exact) mass is 253 g/mol. The lowest BCUT2D eigenvalue weighted by molar-refractivity contribution is -0.139. The van der Waals surface area contributed by atoms with Crippen LogP contribution in [0.4, 0.5) is 0 Å². The maximum Gasteiger partial charge on any atom is 0.321 e. The van der Waals surface area contributed by atoms with Gasteiger partial charge < -0.3 is 5.11 Å². The smallest absolute Gasteiger partial charge is 0.321 e. The summed E-state index contributed by atoms with van der Waals surface area (Å²) in [6.07, 6.45) is 0.249. The number of nitriles is 1. The fourth-order valence-corrected chi connectivity index (χ4v) is 1.31. The van der Waals surface area contributed by atoms with Crippen molar-refractivity contribution >= 4 is 21.9 Å². The van der Waals surface area contributed by atoms with E-state index in [-0.39, 0.29) is 6.42 Å². The second kappa shape index (κ2) is 4.77. The van der Waals surface area contributed by atoms with Crippen molar-refractivity contribution in [2.75, 3.05) is 0 Å². The predicted molar refractivity (Wildman–Crippen MR) is 54.6 cm³/mol. The van der Waals surface area contributed by atoms with E-state index in [2.05, 4.69) is 15.9 Å². The molecule has 0 saturated carbocycles. The number of hydrogen-bond donors (Lipinski definition) is 1. The van der Waals surface area contributed by atoms with Gasteiger partial charge in [0.25, 0.3) is 0 Å². The first-order valence-corrected chi connectivity index (χ1v) is 4.79. The minimum Gasteiger partial charge on any atom is -0.480 e. The van der Waals surface area contributed by atoms with Gasteiger partial charge in [0.2, 0.25) is 0 Å². The number of hydrogen-bond acceptors (Lipinski definition) is 2.